The van der Waals surface area contributed by atoms with E-state index in [1.54, 1.807) is 24.7 Å². The van der Waals surface area contributed by atoms with Crippen LogP contribution in [-0.2, 0) is 23.1 Å². The van der Waals surface area contributed by atoms with Gasteiger partial charge in [0.25, 0.3) is 0 Å². The third-order valence-corrected chi connectivity index (χ3v) is 7.18. The molecule has 0 amide bonds. The Morgan fingerprint density at radius 1 is 1.17 bits per heavy atom. The molecular formula is C19H23F3N4O2S. The predicted molar refractivity (Wildman–Crippen MR) is 102 cm³/mol. The van der Waals surface area contributed by atoms with Crippen LogP contribution in [0.15, 0.2) is 36.8 Å². The summed E-state index contributed by atoms with van der Waals surface area (Å²) in [6.45, 7) is -0.0684. The quantitative estimate of drug-likeness (QED) is 0.763. The van der Waals surface area contributed by atoms with E-state index in [0.29, 0.717) is 28.8 Å². The highest BCUT2D eigenvalue weighted by molar-refractivity contribution is 7.89. The molecule has 0 radical (unpaired) electrons. The lowest BCUT2D eigenvalue weighted by atomic mass is 10.1. The molecule has 1 aliphatic heterocycles. The second-order valence-corrected chi connectivity index (χ2v) is 9.68. The van der Waals surface area contributed by atoms with Crippen LogP contribution < -0.4 is 4.90 Å². The Kier molecular flexibility index (Phi) is 5.32. The number of hydrogen-bond acceptors (Lipinski definition) is 4. The topological polar surface area (TPSA) is 69.3 Å². The van der Waals surface area contributed by atoms with Gasteiger partial charge in [0.05, 0.1) is 18.6 Å². The summed E-state index contributed by atoms with van der Waals surface area (Å²) in [6, 6.07) is 6.72. The van der Waals surface area contributed by atoms with Gasteiger partial charge in [0.1, 0.15) is 0 Å². The predicted octanol–water partition coefficient (Wildman–Crippen LogP) is 3.64. The Morgan fingerprint density at radius 2 is 1.93 bits per heavy atom. The summed E-state index contributed by atoms with van der Waals surface area (Å²) in [5.41, 5.74) is -3.17. The Labute approximate surface area is 167 Å². The number of fused-ring (bicyclic) bond motifs is 1. The molecule has 1 aliphatic carbocycles. The Hall–Kier alpha value is -2.07. The van der Waals surface area contributed by atoms with Crippen molar-refractivity contribution in [3.05, 3.63) is 48.0 Å². The maximum Gasteiger partial charge on any atom is 0.511 e. The third kappa shape index (κ3) is 4.28. The second-order valence-electron chi connectivity index (χ2n) is 7.75. The number of nitrogens with zero attached hydrogens (tertiary/aromatic N) is 3. The first kappa shape index (κ1) is 20.2. The van der Waals surface area contributed by atoms with Crippen molar-refractivity contribution in [2.24, 2.45) is 5.92 Å². The summed E-state index contributed by atoms with van der Waals surface area (Å²) < 4.78 is 65.1. The molecule has 29 heavy (non-hydrogen) atoms. The average Bonchev–Trinajstić information content (AvgIpc) is 3.38. The average molecular weight is 428 g/mol. The first-order valence-corrected chi connectivity index (χ1v) is 11.1. The van der Waals surface area contributed by atoms with Gasteiger partial charge in [-0.25, -0.2) is 13.4 Å². The van der Waals surface area contributed by atoms with Gasteiger partial charge in [0, 0.05) is 31.0 Å². The molecule has 4 rings (SSSR count). The Balaban J connectivity index is 1.72. The van der Waals surface area contributed by atoms with Crippen LogP contribution in [0.1, 0.15) is 36.9 Å². The van der Waals surface area contributed by atoms with Crippen molar-refractivity contribution >= 4 is 15.7 Å². The van der Waals surface area contributed by atoms with Crippen LogP contribution in [0.2, 0.25) is 0 Å². The number of rotatable bonds is 6. The number of aromatic nitrogens is 2. The molecule has 1 atom stereocenters. The molecule has 0 spiro atoms. The van der Waals surface area contributed by atoms with E-state index in [1.165, 1.54) is 0 Å². The van der Waals surface area contributed by atoms with Crippen LogP contribution in [0.5, 0.6) is 0 Å². The van der Waals surface area contributed by atoms with Gasteiger partial charge in [0.2, 0.25) is 0 Å². The first-order valence-electron chi connectivity index (χ1n) is 9.64. The molecular weight excluding hydrogens is 405 g/mol. The molecule has 2 aliphatic rings. The monoisotopic (exact) mass is 428 g/mol. The number of nitrogens with one attached hydrogen (secondary N) is 1. The van der Waals surface area contributed by atoms with E-state index in [9.17, 15) is 21.6 Å². The molecule has 0 saturated heterocycles. The summed E-state index contributed by atoms with van der Waals surface area (Å²) in [4.78, 5) is 9.08. The van der Waals surface area contributed by atoms with Crippen molar-refractivity contribution in [1.29, 1.82) is 0 Å². The highest BCUT2D eigenvalue weighted by Gasteiger charge is 2.51. The molecule has 2 aromatic rings. The number of anilines is 1. The number of aromatic amines is 1. The normalized spacial score (nSPS) is 21.1. The summed E-state index contributed by atoms with van der Waals surface area (Å²) in [5.74, 6) is 0.593. The lowest BCUT2D eigenvalue weighted by Gasteiger charge is -2.34. The van der Waals surface area contributed by atoms with Crippen molar-refractivity contribution < 1.29 is 21.6 Å². The summed E-state index contributed by atoms with van der Waals surface area (Å²) in [7, 11) is -5.42. The molecule has 1 aromatic heterocycles. The SMILES string of the molecule is O=S(=O)(N1Cc2ccccc2N(Cc2cnc[nH]2)C(CCC2CC2)C1)C(F)(F)F. The van der Waals surface area contributed by atoms with Gasteiger partial charge in [0.15, 0.2) is 0 Å². The van der Waals surface area contributed by atoms with Gasteiger partial charge in [-0.05, 0) is 30.4 Å². The highest BCUT2D eigenvalue weighted by Crippen LogP contribution is 2.38. The maximum atomic E-state index is 13.3. The fraction of sp³-hybridized carbons (Fsp3) is 0.526. The molecule has 1 unspecified atom stereocenters. The van der Waals surface area contributed by atoms with Crippen molar-refractivity contribution in [2.75, 3.05) is 11.4 Å². The van der Waals surface area contributed by atoms with E-state index in [4.69, 9.17) is 0 Å². The zero-order valence-corrected chi connectivity index (χ0v) is 16.6. The van der Waals surface area contributed by atoms with Crippen LogP contribution in [0.4, 0.5) is 18.9 Å². The van der Waals surface area contributed by atoms with E-state index in [-0.39, 0.29) is 19.1 Å². The zero-order chi connectivity index (χ0) is 20.6. The molecule has 2 heterocycles. The minimum absolute atomic E-state index is 0.197. The first-order chi connectivity index (χ1) is 13.8. The highest BCUT2D eigenvalue weighted by atomic mass is 32.2. The number of H-pyrrole nitrogens is 1. The van der Waals surface area contributed by atoms with E-state index in [1.807, 2.05) is 17.0 Å². The van der Waals surface area contributed by atoms with Crippen molar-refractivity contribution in [1.82, 2.24) is 14.3 Å². The van der Waals surface area contributed by atoms with E-state index >= 15 is 0 Å². The largest absolute Gasteiger partial charge is 0.511 e. The second kappa shape index (κ2) is 7.64. The van der Waals surface area contributed by atoms with Crippen molar-refractivity contribution in [3.63, 3.8) is 0 Å². The standard InChI is InChI=1S/C19H23F3N4O2S/c20-19(21,22)29(27,28)25-10-15-3-1-2-4-18(15)26(11-16-9-23-13-24-16)17(12-25)8-7-14-5-6-14/h1-4,9,13-14,17H,5-8,10-12H2,(H,23,24). The molecule has 158 valence electrons. The summed E-state index contributed by atoms with van der Waals surface area (Å²) in [6.07, 6.45) is 7.01. The number of alkyl halides is 3. The molecule has 0 bridgehead atoms. The van der Waals surface area contributed by atoms with Crippen molar-refractivity contribution in [2.45, 2.75) is 50.3 Å². The smallest absolute Gasteiger partial charge is 0.361 e. The third-order valence-electron chi connectivity index (χ3n) is 5.64. The number of halogens is 3. The van der Waals surface area contributed by atoms with Crippen LogP contribution >= 0.6 is 0 Å². The fourth-order valence-electron chi connectivity index (χ4n) is 3.89. The zero-order valence-electron chi connectivity index (χ0n) is 15.8. The molecule has 1 saturated carbocycles. The van der Waals surface area contributed by atoms with Gasteiger partial charge < -0.3 is 9.88 Å². The number of sulfonamides is 1. The van der Waals surface area contributed by atoms with E-state index < -0.39 is 15.5 Å². The molecule has 1 N–H and O–H groups in total. The number of imidazole rings is 1. The molecule has 1 aromatic carbocycles. The van der Waals surface area contributed by atoms with E-state index in [2.05, 4.69) is 9.97 Å². The molecule has 6 nitrogen and oxygen atoms in total. The van der Waals surface area contributed by atoms with Gasteiger partial charge >= 0.3 is 15.5 Å². The minimum atomic E-state index is -5.42. The van der Waals surface area contributed by atoms with Crippen LogP contribution in [0.3, 0.4) is 0 Å². The van der Waals surface area contributed by atoms with Crippen molar-refractivity contribution in [3.8, 4) is 0 Å². The van der Waals surface area contributed by atoms with Gasteiger partial charge in [-0.3, -0.25) is 0 Å². The van der Waals surface area contributed by atoms with Crippen LogP contribution in [0.25, 0.3) is 0 Å². The number of benzene rings is 1. The van der Waals surface area contributed by atoms with Gasteiger partial charge in [-0.2, -0.15) is 17.5 Å². The fourth-order valence-corrected chi connectivity index (χ4v) is 4.86. The lowest BCUT2D eigenvalue weighted by Crippen LogP contribution is -2.47. The number of hydrogen-bond donors (Lipinski definition) is 1. The summed E-state index contributed by atoms with van der Waals surface area (Å²) >= 11 is 0. The Morgan fingerprint density at radius 3 is 2.59 bits per heavy atom. The maximum absolute atomic E-state index is 13.3. The summed E-state index contributed by atoms with van der Waals surface area (Å²) in [5, 5.41) is 0. The lowest BCUT2D eigenvalue weighted by molar-refractivity contribution is -0.0492. The molecule has 10 heteroatoms. The van der Waals surface area contributed by atoms with Gasteiger partial charge in [-0.15, -0.1) is 0 Å². The van der Waals surface area contributed by atoms with Gasteiger partial charge in [-0.1, -0.05) is 31.0 Å². The Bertz CT molecular complexity index is 943. The molecule has 1 fully saturated rings. The number of para-hydroxylation sites is 1. The minimum Gasteiger partial charge on any atom is -0.361 e. The van der Waals surface area contributed by atoms with Crippen LogP contribution in [0, 0.1) is 5.92 Å². The van der Waals surface area contributed by atoms with Crippen LogP contribution in [-0.4, -0.2) is 40.8 Å². The van der Waals surface area contributed by atoms with E-state index in [0.717, 1.165) is 30.6 Å².